The first-order valence-electron chi connectivity index (χ1n) is 5.06. The first kappa shape index (κ1) is 12.4. The predicted molar refractivity (Wildman–Crippen MR) is 64.8 cm³/mol. The number of aryl methyl sites for hydroxylation is 1. The van der Waals surface area contributed by atoms with E-state index in [1.54, 1.807) is 25.8 Å². The van der Waals surface area contributed by atoms with Gasteiger partial charge in [0.1, 0.15) is 5.75 Å². The minimum absolute atomic E-state index is 0.489. The van der Waals surface area contributed by atoms with E-state index in [-0.39, 0.29) is 0 Å². The van der Waals surface area contributed by atoms with Crippen LogP contribution in [-0.2, 0) is 6.42 Å². The van der Waals surface area contributed by atoms with Gasteiger partial charge in [0, 0.05) is 10.5 Å². The number of benzene rings is 1. The van der Waals surface area contributed by atoms with Gasteiger partial charge in [-0.25, -0.2) is 0 Å². The Morgan fingerprint density at radius 2 is 2.13 bits per heavy atom. The monoisotopic (exact) mass is 226 g/mol. The Morgan fingerprint density at radius 3 is 2.53 bits per heavy atom. The van der Waals surface area contributed by atoms with Crippen LogP contribution in [0.15, 0.2) is 17.0 Å². The molecule has 0 heterocycles. The highest BCUT2D eigenvalue weighted by Crippen LogP contribution is 2.32. The summed E-state index contributed by atoms with van der Waals surface area (Å²) in [6, 6.07) is 4.04. The van der Waals surface area contributed by atoms with Gasteiger partial charge in [0.2, 0.25) is 0 Å². The highest BCUT2D eigenvalue weighted by molar-refractivity contribution is 7.98. The van der Waals surface area contributed by atoms with Crippen LogP contribution in [0, 0.1) is 0 Å². The van der Waals surface area contributed by atoms with E-state index in [0.717, 1.165) is 17.7 Å². The van der Waals surface area contributed by atoms with Crippen LogP contribution >= 0.6 is 11.8 Å². The van der Waals surface area contributed by atoms with Crippen molar-refractivity contribution in [2.24, 2.45) is 0 Å². The summed E-state index contributed by atoms with van der Waals surface area (Å²) >= 11 is 1.70. The first-order chi connectivity index (χ1) is 7.13. The largest absolute Gasteiger partial charge is 0.496 e. The molecular weight excluding hydrogens is 208 g/mol. The lowest BCUT2D eigenvalue weighted by Gasteiger charge is -2.15. The lowest BCUT2D eigenvalue weighted by atomic mass is 10.0. The molecule has 1 aromatic rings. The number of thioether (sulfide) groups is 1. The summed E-state index contributed by atoms with van der Waals surface area (Å²) in [5, 5.41) is 9.63. The zero-order valence-corrected chi connectivity index (χ0v) is 10.5. The molecule has 0 aliphatic carbocycles. The summed E-state index contributed by atoms with van der Waals surface area (Å²) in [5.74, 6) is 0.777. The van der Waals surface area contributed by atoms with Crippen molar-refractivity contribution in [1.82, 2.24) is 0 Å². The van der Waals surface area contributed by atoms with E-state index in [2.05, 4.69) is 6.92 Å². The minimum Gasteiger partial charge on any atom is -0.496 e. The molecule has 1 aromatic carbocycles. The van der Waals surface area contributed by atoms with E-state index in [9.17, 15) is 5.11 Å². The minimum atomic E-state index is -0.489. The highest BCUT2D eigenvalue weighted by atomic mass is 32.2. The fourth-order valence-corrected chi connectivity index (χ4v) is 2.30. The normalized spacial score (nSPS) is 12.6. The third kappa shape index (κ3) is 2.67. The van der Waals surface area contributed by atoms with Crippen LogP contribution in [0.3, 0.4) is 0 Å². The van der Waals surface area contributed by atoms with Crippen LogP contribution in [0.2, 0.25) is 0 Å². The topological polar surface area (TPSA) is 29.5 Å². The van der Waals surface area contributed by atoms with E-state index < -0.39 is 6.10 Å². The van der Waals surface area contributed by atoms with Crippen LogP contribution < -0.4 is 4.74 Å². The molecule has 0 bridgehead atoms. The van der Waals surface area contributed by atoms with E-state index in [0.29, 0.717) is 0 Å². The molecule has 0 saturated carbocycles. The van der Waals surface area contributed by atoms with Gasteiger partial charge in [-0.05, 0) is 37.3 Å². The Balaban J connectivity index is 3.27. The molecule has 1 N–H and O–H groups in total. The van der Waals surface area contributed by atoms with Crippen LogP contribution in [-0.4, -0.2) is 18.5 Å². The van der Waals surface area contributed by atoms with Gasteiger partial charge in [0.05, 0.1) is 13.2 Å². The summed E-state index contributed by atoms with van der Waals surface area (Å²) in [6.45, 7) is 3.88. The van der Waals surface area contributed by atoms with Gasteiger partial charge in [0.15, 0.2) is 0 Å². The van der Waals surface area contributed by atoms with Crippen molar-refractivity contribution in [3.05, 3.63) is 23.3 Å². The number of aliphatic hydroxyl groups is 1. The fraction of sp³-hybridized carbons (Fsp3) is 0.500. The standard InChI is InChI=1S/C12H18O2S/c1-5-9-6-11(14-3)10(8(2)13)7-12(9)15-4/h6-8,13H,5H2,1-4H3. The predicted octanol–water partition coefficient (Wildman–Crippen LogP) is 3.03. The molecule has 0 fully saturated rings. The molecule has 0 aliphatic rings. The van der Waals surface area contributed by atoms with Gasteiger partial charge in [0.25, 0.3) is 0 Å². The zero-order chi connectivity index (χ0) is 11.4. The molecular formula is C12H18O2S. The molecule has 1 unspecified atom stereocenters. The van der Waals surface area contributed by atoms with E-state index >= 15 is 0 Å². The van der Waals surface area contributed by atoms with E-state index in [1.807, 2.05) is 18.4 Å². The maximum absolute atomic E-state index is 9.63. The van der Waals surface area contributed by atoms with Crippen molar-refractivity contribution in [2.75, 3.05) is 13.4 Å². The van der Waals surface area contributed by atoms with Crippen molar-refractivity contribution in [3.8, 4) is 5.75 Å². The average molecular weight is 226 g/mol. The summed E-state index contributed by atoms with van der Waals surface area (Å²) < 4.78 is 5.28. The highest BCUT2D eigenvalue weighted by Gasteiger charge is 2.12. The summed E-state index contributed by atoms with van der Waals surface area (Å²) in [5.41, 5.74) is 2.13. The Morgan fingerprint density at radius 1 is 1.47 bits per heavy atom. The number of rotatable bonds is 4. The van der Waals surface area contributed by atoms with Gasteiger partial charge < -0.3 is 9.84 Å². The number of ether oxygens (including phenoxy) is 1. The average Bonchev–Trinajstić information content (AvgIpc) is 2.26. The third-order valence-corrected chi connectivity index (χ3v) is 3.28. The van der Waals surface area contributed by atoms with E-state index in [1.165, 1.54) is 10.5 Å². The molecule has 0 aromatic heterocycles. The number of hydrogen-bond donors (Lipinski definition) is 1. The van der Waals surface area contributed by atoms with Gasteiger partial charge in [-0.15, -0.1) is 11.8 Å². The van der Waals surface area contributed by atoms with Crippen LogP contribution in [0.4, 0.5) is 0 Å². The molecule has 84 valence electrons. The quantitative estimate of drug-likeness (QED) is 0.800. The number of aliphatic hydroxyl groups excluding tert-OH is 1. The molecule has 0 saturated heterocycles. The van der Waals surface area contributed by atoms with Gasteiger partial charge in [-0.3, -0.25) is 0 Å². The van der Waals surface area contributed by atoms with Crippen LogP contribution in [0.5, 0.6) is 5.75 Å². The maximum Gasteiger partial charge on any atom is 0.125 e. The van der Waals surface area contributed by atoms with Crippen LogP contribution in [0.1, 0.15) is 31.1 Å². The molecule has 15 heavy (non-hydrogen) atoms. The maximum atomic E-state index is 9.63. The Kier molecular flexibility index (Phi) is 4.48. The number of hydrogen-bond acceptors (Lipinski definition) is 3. The summed E-state index contributed by atoms with van der Waals surface area (Å²) in [6.07, 6.45) is 2.54. The zero-order valence-electron chi connectivity index (χ0n) is 9.70. The molecule has 2 nitrogen and oxygen atoms in total. The van der Waals surface area contributed by atoms with Gasteiger partial charge in [-0.2, -0.15) is 0 Å². The summed E-state index contributed by atoms with van der Waals surface area (Å²) in [4.78, 5) is 1.22. The fourth-order valence-electron chi connectivity index (χ4n) is 1.59. The van der Waals surface area contributed by atoms with Gasteiger partial charge in [-0.1, -0.05) is 6.92 Å². The second kappa shape index (κ2) is 5.42. The Bertz CT molecular complexity index is 335. The van der Waals surface area contributed by atoms with Crippen LogP contribution in [0.25, 0.3) is 0 Å². The summed E-state index contributed by atoms with van der Waals surface area (Å²) in [7, 11) is 1.64. The lowest BCUT2D eigenvalue weighted by molar-refractivity contribution is 0.194. The molecule has 0 aliphatic heterocycles. The van der Waals surface area contributed by atoms with Crippen molar-refractivity contribution >= 4 is 11.8 Å². The lowest BCUT2D eigenvalue weighted by Crippen LogP contribution is -1.99. The Hall–Kier alpha value is -0.670. The molecule has 0 amide bonds. The SMILES string of the molecule is CCc1cc(OC)c(C(C)O)cc1SC. The van der Waals surface area contributed by atoms with E-state index in [4.69, 9.17) is 4.74 Å². The molecule has 3 heteroatoms. The van der Waals surface area contributed by atoms with Crippen molar-refractivity contribution in [3.63, 3.8) is 0 Å². The molecule has 0 radical (unpaired) electrons. The molecule has 0 spiro atoms. The first-order valence-corrected chi connectivity index (χ1v) is 6.29. The third-order valence-electron chi connectivity index (χ3n) is 2.46. The van der Waals surface area contributed by atoms with Crippen molar-refractivity contribution < 1.29 is 9.84 Å². The number of methoxy groups -OCH3 is 1. The van der Waals surface area contributed by atoms with Crippen molar-refractivity contribution in [2.45, 2.75) is 31.3 Å². The second-order valence-electron chi connectivity index (χ2n) is 3.44. The Labute approximate surface area is 95.7 Å². The molecule has 1 rings (SSSR count). The molecule has 1 atom stereocenters. The smallest absolute Gasteiger partial charge is 0.125 e. The second-order valence-corrected chi connectivity index (χ2v) is 4.28. The van der Waals surface area contributed by atoms with Gasteiger partial charge >= 0.3 is 0 Å². The van der Waals surface area contributed by atoms with Crippen molar-refractivity contribution in [1.29, 1.82) is 0 Å².